The summed E-state index contributed by atoms with van der Waals surface area (Å²) < 4.78 is 0. The quantitative estimate of drug-likeness (QED) is 0.815. The van der Waals surface area contributed by atoms with Crippen molar-refractivity contribution in [2.24, 2.45) is 5.92 Å². The molecule has 1 saturated heterocycles. The number of fused-ring (bicyclic) bond motifs is 1. The van der Waals surface area contributed by atoms with E-state index >= 15 is 0 Å². The number of nitrogens with zero attached hydrogens (tertiary/aromatic N) is 3. The smallest absolute Gasteiger partial charge is 0.139 e. The molecule has 1 aliphatic heterocycles. The molecule has 2 heterocycles. The summed E-state index contributed by atoms with van der Waals surface area (Å²) in [5.41, 5.74) is 1.03. The maximum absolute atomic E-state index is 4.49. The van der Waals surface area contributed by atoms with Crippen molar-refractivity contribution < 1.29 is 0 Å². The molecule has 4 heteroatoms. The van der Waals surface area contributed by atoms with E-state index in [0.717, 1.165) is 35.7 Å². The molecule has 0 radical (unpaired) electrons. The summed E-state index contributed by atoms with van der Waals surface area (Å²) >= 11 is 3.53. The van der Waals surface area contributed by atoms with Gasteiger partial charge in [0.1, 0.15) is 12.1 Å². The number of alkyl halides is 1. The van der Waals surface area contributed by atoms with Gasteiger partial charge in [0.2, 0.25) is 0 Å². The third-order valence-corrected chi connectivity index (χ3v) is 4.08. The first kappa shape index (κ1) is 11.9. The Morgan fingerprint density at radius 1 is 1.28 bits per heavy atom. The van der Waals surface area contributed by atoms with Gasteiger partial charge in [-0.3, -0.25) is 0 Å². The van der Waals surface area contributed by atoms with Gasteiger partial charge in [-0.25, -0.2) is 9.97 Å². The second kappa shape index (κ2) is 5.22. The summed E-state index contributed by atoms with van der Waals surface area (Å²) in [5.74, 6) is 1.88. The normalized spacial score (nSPS) is 19.6. The number of hydrogen-bond donors (Lipinski definition) is 0. The van der Waals surface area contributed by atoms with Gasteiger partial charge in [0.05, 0.1) is 5.52 Å². The Bertz CT molecular complexity index is 538. The highest BCUT2D eigenvalue weighted by molar-refractivity contribution is 9.09. The summed E-state index contributed by atoms with van der Waals surface area (Å²) in [7, 11) is 0. The Hall–Kier alpha value is -1.16. The predicted octanol–water partition coefficient (Wildman–Crippen LogP) is 3.24. The van der Waals surface area contributed by atoms with E-state index in [1.807, 2.05) is 12.1 Å². The van der Waals surface area contributed by atoms with Crippen molar-refractivity contribution >= 4 is 32.7 Å². The fraction of sp³-hybridized carbons (Fsp3) is 0.429. The van der Waals surface area contributed by atoms with E-state index in [0.29, 0.717) is 0 Å². The van der Waals surface area contributed by atoms with Gasteiger partial charge in [-0.1, -0.05) is 28.1 Å². The molecule has 1 aromatic heterocycles. The lowest BCUT2D eigenvalue weighted by Crippen LogP contribution is -2.21. The maximum atomic E-state index is 4.49. The van der Waals surface area contributed by atoms with Crippen molar-refractivity contribution in [1.82, 2.24) is 9.97 Å². The van der Waals surface area contributed by atoms with Crippen LogP contribution in [-0.4, -0.2) is 28.4 Å². The zero-order valence-electron chi connectivity index (χ0n) is 10.2. The van der Waals surface area contributed by atoms with Gasteiger partial charge >= 0.3 is 0 Å². The van der Waals surface area contributed by atoms with Crippen LogP contribution in [0.5, 0.6) is 0 Å². The molecule has 3 rings (SSSR count). The predicted molar refractivity (Wildman–Crippen MR) is 78.3 cm³/mol. The number of para-hydroxylation sites is 1. The Labute approximate surface area is 115 Å². The Morgan fingerprint density at radius 2 is 2.17 bits per heavy atom. The van der Waals surface area contributed by atoms with Crippen LogP contribution in [0, 0.1) is 5.92 Å². The Balaban J connectivity index is 1.91. The molecule has 1 aliphatic rings. The Morgan fingerprint density at radius 3 is 3.06 bits per heavy atom. The molecule has 94 valence electrons. The van der Waals surface area contributed by atoms with Crippen LogP contribution >= 0.6 is 15.9 Å². The van der Waals surface area contributed by atoms with Crippen LogP contribution in [0.3, 0.4) is 0 Å². The average molecular weight is 306 g/mol. The average Bonchev–Trinajstić information content (AvgIpc) is 2.87. The largest absolute Gasteiger partial charge is 0.356 e. The van der Waals surface area contributed by atoms with E-state index < -0.39 is 0 Å². The highest BCUT2D eigenvalue weighted by atomic mass is 79.9. The minimum Gasteiger partial charge on any atom is -0.356 e. The molecular formula is C14H16BrN3. The van der Waals surface area contributed by atoms with Crippen molar-refractivity contribution in [3.05, 3.63) is 30.6 Å². The van der Waals surface area contributed by atoms with Crippen molar-refractivity contribution in [3.8, 4) is 0 Å². The number of anilines is 1. The van der Waals surface area contributed by atoms with Gasteiger partial charge < -0.3 is 4.90 Å². The monoisotopic (exact) mass is 305 g/mol. The first-order chi connectivity index (χ1) is 8.88. The molecule has 2 aromatic rings. The van der Waals surface area contributed by atoms with Crippen LogP contribution in [0.1, 0.15) is 12.8 Å². The van der Waals surface area contributed by atoms with E-state index in [1.54, 1.807) is 6.33 Å². The maximum Gasteiger partial charge on any atom is 0.139 e. The molecule has 1 aromatic carbocycles. The summed E-state index contributed by atoms with van der Waals surface area (Å²) in [6.07, 6.45) is 4.19. The minimum atomic E-state index is 0.790. The van der Waals surface area contributed by atoms with Gasteiger partial charge in [-0.05, 0) is 30.9 Å². The van der Waals surface area contributed by atoms with Gasteiger partial charge in [0.15, 0.2) is 0 Å². The van der Waals surface area contributed by atoms with Crippen LogP contribution in [0.4, 0.5) is 5.82 Å². The van der Waals surface area contributed by atoms with E-state index in [4.69, 9.17) is 0 Å². The summed E-state index contributed by atoms with van der Waals surface area (Å²) in [5, 5.41) is 2.26. The molecule has 0 N–H and O–H groups in total. The van der Waals surface area contributed by atoms with E-state index in [-0.39, 0.29) is 0 Å². The summed E-state index contributed by atoms with van der Waals surface area (Å²) in [4.78, 5) is 11.2. The van der Waals surface area contributed by atoms with E-state index in [2.05, 4.69) is 42.9 Å². The molecule has 0 saturated carbocycles. The van der Waals surface area contributed by atoms with Crippen molar-refractivity contribution in [2.75, 3.05) is 23.3 Å². The third-order valence-electron chi connectivity index (χ3n) is 3.62. The second-order valence-corrected chi connectivity index (χ2v) is 5.59. The summed E-state index contributed by atoms with van der Waals surface area (Å²) in [6.45, 7) is 2.23. The van der Waals surface area contributed by atoms with Crippen LogP contribution in [0.2, 0.25) is 0 Å². The van der Waals surface area contributed by atoms with E-state index in [9.17, 15) is 0 Å². The first-order valence-corrected chi connectivity index (χ1v) is 7.51. The van der Waals surface area contributed by atoms with Crippen molar-refractivity contribution in [2.45, 2.75) is 12.8 Å². The van der Waals surface area contributed by atoms with Crippen molar-refractivity contribution in [1.29, 1.82) is 0 Å². The molecular weight excluding hydrogens is 290 g/mol. The lowest BCUT2D eigenvalue weighted by Gasteiger charge is -2.18. The number of hydrogen-bond acceptors (Lipinski definition) is 3. The lowest BCUT2D eigenvalue weighted by molar-refractivity contribution is 0.575. The topological polar surface area (TPSA) is 29.0 Å². The van der Waals surface area contributed by atoms with Crippen LogP contribution in [0.25, 0.3) is 10.9 Å². The van der Waals surface area contributed by atoms with Gasteiger partial charge in [-0.15, -0.1) is 0 Å². The molecule has 0 spiro atoms. The standard InChI is InChI=1S/C14H16BrN3/c15-7-5-11-6-8-18(9-11)14-12-3-1-2-4-13(12)16-10-17-14/h1-4,10-11H,5-9H2. The highest BCUT2D eigenvalue weighted by Gasteiger charge is 2.24. The second-order valence-electron chi connectivity index (χ2n) is 4.79. The zero-order chi connectivity index (χ0) is 12.4. The van der Waals surface area contributed by atoms with Crippen molar-refractivity contribution in [3.63, 3.8) is 0 Å². The van der Waals surface area contributed by atoms with E-state index in [1.165, 1.54) is 18.2 Å². The minimum absolute atomic E-state index is 0.790. The SMILES string of the molecule is BrCCC1CCN(c2ncnc3ccccc23)C1. The Kier molecular flexibility index (Phi) is 3.46. The van der Waals surface area contributed by atoms with Crippen LogP contribution in [0.15, 0.2) is 30.6 Å². The van der Waals surface area contributed by atoms with Gasteiger partial charge in [-0.2, -0.15) is 0 Å². The molecule has 18 heavy (non-hydrogen) atoms. The number of rotatable bonds is 3. The number of halogens is 1. The molecule has 3 nitrogen and oxygen atoms in total. The van der Waals surface area contributed by atoms with Gasteiger partial charge in [0.25, 0.3) is 0 Å². The van der Waals surface area contributed by atoms with Crippen LogP contribution < -0.4 is 4.90 Å². The van der Waals surface area contributed by atoms with Crippen LogP contribution in [-0.2, 0) is 0 Å². The molecule has 1 unspecified atom stereocenters. The molecule has 1 atom stereocenters. The first-order valence-electron chi connectivity index (χ1n) is 6.39. The molecule has 0 aliphatic carbocycles. The number of aromatic nitrogens is 2. The number of benzene rings is 1. The summed E-state index contributed by atoms with van der Waals surface area (Å²) in [6, 6.07) is 8.24. The van der Waals surface area contributed by atoms with Gasteiger partial charge in [0, 0.05) is 23.8 Å². The third kappa shape index (κ3) is 2.21. The lowest BCUT2D eigenvalue weighted by atomic mass is 10.1. The fourth-order valence-electron chi connectivity index (χ4n) is 2.66. The zero-order valence-corrected chi connectivity index (χ0v) is 11.8. The molecule has 0 bridgehead atoms. The fourth-order valence-corrected chi connectivity index (χ4v) is 3.31. The highest BCUT2D eigenvalue weighted by Crippen LogP contribution is 2.29. The molecule has 0 amide bonds. The molecule has 1 fully saturated rings.